The van der Waals surface area contributed by atoms with Crippen LogP contribution in [0.3, 0.4) is 0 Å². The minimum Gasteiger partial charge on any atom is -0.493 e. The summed E-state index contributed by atoms with van der Waals surface area (Å²) in [6, 6.07) is 13.8. The Morgan fingerprint density at radius 3 is 2.02 bits per heavy atom. The maximum Gasteiger partial charge on any atom is 0.205 e. The highest BCUT2D eigenvalue weighted by atomic mass is 35.5. The molecule has 0 saturated carbocycles. The first-order chi connectivity index (χ1) is 23.6. The van der Waals surface area contributed by atoms with E-state index in [4.69, 9.17) is 63.2 Å². The van der Waals surface area contributed by atoms with Crippen LogP contribution in [0, 0.1) is 6.92 Å². The van der Waals surface area contributed by atoms with Crippen molar-refractivity contribution in [3.63, 3.8) is 0 Å². The Labute approximate surface area is 304 Å². The van der Waals surface area contributed by atoms with Crippen LogP contribution in [-0.2, 0) is 32.2 Å². The molecule has 1 N–H and O–H groups in total. The SMILES string of the molecule is CNCCc1cc(OC)c(Oc2c3c(c(Cl)c(OC)c2OC)CCN(C)C3)cc1CCc1ccc(Oc2c(OC)cc(Cl)c(C)c2Cl)cc1. The minimum atomic E-state index is 0.419. The van der Waals surface area contributed by atoms with Gasteiger partial charge >= 0.3 is 0 Å². The molecule has 1 aliphatic heterocycles. The van der Waals surface area contributed by atoms with Gasteiger partial charge in [0.25, 0.3) is 0 Å². The molecule has 4 aromatic carbocycles. The zero-order chi connectivity index (χ0) is 35.2. The van der Waals surface area contributed by atoms with E-state index in [0.29, 0.717) is 67.6 Å². The van der Waals surface area contributed by atoms with E-state index in [2.05, 4.69) is 41.5 Å². The topological polar surface area (TPSA) is 70.7 Å². The second kappa shape index (κ2) is 16.5. The number of rotatable bonds is 14. The quantitative estimate of drug-likeness (QED) is 0.138. The molecule has 0 aliphatic carbocycles. The lowest BCUT2D eigenvalue weighted by molar-refractivity contribution is 0.291. The van der Waals surface area contributed by atoms with Gasteiger partial charge in [-0.3, -0.25) is 0 Å². The first-order valence-corrected chi connectivity index (χ1v) is 17.2. The molecule has 0 aromatic heterocycles. The number of aryl methyl sites for hydroxylation is 2. The molecular weight excluding hydrogens is 687 g/mol. The van der Waals surface area contributed by atoms with E-state index in [0.717, 1.165) is 66.6 Å². The molecule has 11 heteroatoms. The average molecular weight is 730 g/mol. The Kier molecular flexibility index (Phi) is 12.3. The maximum absolute atomic E-state index is 6.83. The fourth-order valence-electron chi connectivity index (χ4n) is 6.06. The fraction of sp³-hybridized carbons (Fsp3) is 0.368. The third-order valence-electron chi connectivity index (χ3n) is 8.85. The van der Waals surface area contributed by atoms with Gasteiger partial charge in [0.1, 0.15) is 5.75 Å². The summed E-state index contributed by atoms with van der Waals surface area (Å²) in [6.07, 6.45) is 3.17. The molecule has 0 radical (unpaired) electrons. The maximum atomic E-state index is 6.83. The molecule has 1 aliphatic rings. The largest absolute Gasteiger partial charge is 0.493 e. The van der Waals surface area contributed by atoms with Gasteiger partial charge in [-0.1, -0.05) is 46.9 Å². The highest BCUT2D eigenvalue weighted by molar-refractivity contribution is 6.37. The molecule has 0 fully saturated rings. The summed E-state index contributed by atoms with van der Waals surface area (Å²) in [5.74, 6) is 4.28. The lowest BCUT2D eigenvalue weighted by atomic mass is 9.96. The average Bonchev–Trinajstić information content (AvgIpc) is 3.11. The molecule has 0 unspecified atom stereocenters. The van der Waals surface area contributed by atoms with Crippen LogP contribution >= 0.6 is 34.8 Å². The zero-order valence-corrected chi connectivity index (χ0v) is 31.3. The van der Waals surface area contributed by atoms with E-state index in [-0.39, 0.29) is 0 Å². The molecule has 49 heavy (non-hydrogen) atoms. The number of halogens is 3. The highest BCUT2D eigenvalue weighted by Gasteiger charge is 2.30. The number of ether oxygens (including phenoxy) is 6. The summed E-state index contributed by atoms with van der Waals surface area (Å²) >= 11 is 19.7. The van der Waals surface area contributed by atoms with Gasteiger partial charge in [-0.2, -0.15) is 0 Å². The molecule has 262 valence electrons. The number of hydrogen-bond donors (Lipinski definition) is 1. The smallest absolute Gasteiger partial charge is 0.205 e. The molecule has 5 rings (SSSR count). The first kappa shape index (κ1) is 36.7. The Bertz CT molecular complexity index is 1800. The summed E-state index contributed by atoms with van der Waals surface area (Å²) in [5, 5.41) is 4.76. The number of hydrogen-bond acceptors (Lipinski definition) is 8. The lowest BCUT2D eigenvalue weighted by Gasteiger charge is -2.30. The predicted molar refractivity (Wildman–Crippen MR) is 197 cm³/mol. The van der Waals surface area contributed by atoms with Crippen molar-refractivity contribution in [1.29, 1.82) is 0 Å². The summed E-state index contributed by atoms with van der Waals surface area (Å²) in [6.45, 7) is 4.21. The van der Waals surface area contributed by atoms with Crippen molar-refractivity contribution >= 4 is 34.8 Å². The first-order valence-electron chi connectivity index (χ1n) is 16.1. The van der Waals surface area contributed by atoms with Gasteiger partial charge in [0.2, 0.25) is 5.75 Å². The monoisotopic (exact) mass is 728 g/mol. The van der Waals surface area contributed by atoms with Crippen molar-refractivity contribution in [2.24, 2.45) is 0 Å². The van der Waals surface area contributed by atoms with Crippen LogP contribution < -0.4 is 33.7 Å². The van der Waals surface area contributed by atoms with E-state index < -0.39 is 0 Å². The van der Waals surface area contributed by atoms with Crippen LogP contribution in [0.2, 0.25) is 15.1 Å². The van der Waals surface area contributed by atoms with Gasteiger partial charge in [0.15, 0.2) is 34.5 Å². The Hall–Kier alpha value is -3.53. The molecule has 4 aromatic rings. The molecule has 0 bridgehead atoms. The van der Waals surface area contributed by atoms with Crippen LogP contribution in [0.1, 0.15) is 33.4 Å². The number of fused-ring (bicyclic) bond motifs is 1. The molecule has 0 spiro atoms. The number of methoxy groups -OCH3 is 4. The van der Waals surface area contributed by atoms with E-state index in [1.807, 2.05) is 26.1 Å². The second-order valence-electron chi connectivity index (χ2n) is 12.0. The molecule has 8 nitrogen and oxygen atoms in total. The van der Waals surface area contributed by atoms with Crippen molar-refractivity contribution in [2.75, 3.05) is 55.6 Å². The molecular formula is C38H43Cl3N2O6. The number of nitrogens with zero attached hydrogens (tertiary/aromatic N) is 1. The normalized spacial score (nSPS) is 12.8. The Morgan fingerprint density at radius 1 is 0.694 bits per heavy atom. The van der Waals surface area contributed by atoms with Crippen molar-refractivity contribution in [3.8, 4) is 46.0 Å². The minimum absolute atomic E-state index is 0.419. The summed E-state index contributed by atoms with van der Waals surface area (Å²) in [7, 11) is 10.4. The van der Waals surface area contributed by atoms with E-state index in [9.17, 15) is 0 Å². The third kappa shape index (κ3) is 7.95. The van der Waals surface area contributed by atoms with Gasteiger partial charge in [-0.15, -0.1) is 0 Å². The highest BCUT2D eigenvalue weighted by Crippen LogP contribution is 2.52. The van der Waals surface area contributed by atoms with Crippen LogP contribution in [-0.4, -0.2) is 60.5 Å². The van der Waals surface area contributed by atoms with Crippen molar-refractivity contribution < 1.29 is 28.4 Å². The van der Waals surface area contributed by atoms with Gasteiger partial charge in [0.05, 0.1) is 38.5 Å². The van der Waals surface area contributed by atoms with Crippen LogP contribution in [0.25, 0.3) is 0 Å². The van der Waals surface area contributed by atoms with Gasteiger partial charge in [-0.25, -0.2) is 0 Å². The van der Waals surface area contributed by atoms with E-state index in [1.165, 1.54) is 5.56 Å². The van der Waals surface area contributed by atoms with Crippen molar-refractivity contribution in [3.05, 3.63) is 90.9 Å². The number of benzene rings is 4. The van der Waals surface area contributed by atoms with Crippen LogP contribution in [0.5, 0.6) is 46.0 Å². The fourth-order valence-corrected chi connectivity index (χ4v) is 6.91. The summed E-state index contributed by atoms with van der Waals surface area (Å²) in [4.78, 5) is 2.23. The van der Waals surface area contributed by atoms with Gasteiger partial charge < -0.3 is 38.6 Å². The van der Waals surface area contributed by atoms with Crippen molar-refractivity contribution in [1.82, 2.24) is 10.2 Å². The van der Waals surface area contributed by atoms with Gasteiger partial charge in [0, 0.05) is 29.7 Å². The number of nitrogens with one attached hydrogen (secondary N) is 1. The molecule has 0 amide bonds. The van der Waals surface area contributed by atoms with Crippen LogP contribution in [0.4, 0.5) is 0 Å². The third-order valence-corrected chi connectivity index (χ3v) is 10.1. The Morgan fingerprint density at radius 2 is 1.37 bits per heavy atom. The van der Waals surface area contributed by atoms with E-state index >= 15 is 0 Å². The molecule has 0 atom stereocenters. The van der Waals surface area contributed by atoms with Gasteiger partial charge in [-0.05, 0) is 105 Å². The second-order valence-corrected chi connectivity index (χ2v) is 13.1. The van der Waals surface area contributed by atoms with E-state index in [1.54, 1.807) is 34.5 Å². The molecule has 1 heterocycles. The van der Waals surface area contributed by atoms with Crippen LogP contribution in [0.15, 0.2) is 42.5 Å². The summed E-state index contributed by atoms with van der Waals surface area (Å²) in [5.41, 5.74) is 6.21. The summed E-state index contributed by atoms with van der Waals surface area (Å²) < 4.78 is 35.8. The lowest BCUT2D eigenvalue weighted by Crippen LogP contribution is -2.27. The Balaban J connectivity index is 1.45. The van der Waals surface area contributed by atoms with Crippen molar-refractivity contribution in [2.45, 2.75) is 39.2 Å². The molecule has 0 saturated heterocycles. The standard InChI is InChI=1S/C38H43Cl3N2O6/c1-22-29(39)20-32(45-5)36(33(22)40)48-26-12-9-23(10-13-26)8-11-24-19-31(30(44-4)18-25(24)14-16-42-2)49-35-28-21-43(3)17-15-27(28)34(41)37(46-6)38(35)47-7/h9-10,12-13,18-20,42H,8,11,14-17,21H2,1-7H3. The predicted octanol–water partition coefficient (Wildman–Crippen LogP) is 9.11. The zero-order valence-electron chi connectivity index (χ0n) is 29.0. The number of likely N-dealkylation sites (N-methyl/N-ethyl adjacent to an activating group) is 2.